The molecular weight excluding hydrogens is 488 g/mol. The van der Waals surface area contributed by atoms with Crippen LogP contribution in [-0.4, -0.2) is 37.7 Å². The van der Waals surface area contributed by atoms with Gasteiger partial charge in [0.25, 0.3) is 0 Å². The highest BCUT2D eigenvalue weighted by Crippen LogP contribution is 2.43. The number of hydrogen-bond acceptors (Lipinski definition) is 7. The second-order valence-corrected chi connectivity index (χ2v) is 10.2. The van der Waals surface area contributed by atoms with E-state index in [9.17, 15) is 9.65 Å². The van der Waals surface area contributed by atoms with E-state index in [-0.39, 0.29) is 29.3 Å². The summed E-state index contributed by atoms with van der Waals surface area (Å²) in [4.78, 5) is 12.0. The molecule has 7 rings (SSSR count). The number of imidazole rings is 1. The lowest BCUT2D eigenvalue weighted by Gasteiger charge is -2.39. The van der Waals surface area contributed by atoms with Crippen molar-refractivity contribution in [2.75, 3.05) is 4.90 Å². The van der Waals surface area contributed by atoms with Gasteiger partial charge in [0.05, 0.1) is 22.5 Å². The zero-order valence-corrected chi connectivity index (χ0v) is 20.5. The molecule has 2 aromatic carbocycles. The van der Waals surface area contributed by atoms with Gasteiger partial charge in [-0.3, -0.25) is 4.40 Å². The number of nitriles is 1. The Bertz CT molecular complexity index is 1770. The molecule has 2 aliphatic rings. The molecule has 2 saturated heterocycles. The number of hydrogen-bond donors (Lipinski definition) is 1. The predicted molar refractivity (Wildman–Crippen MR) is 137 cm³/mol. The van der Waals surface area contributed by atoms with E-state index in [1.54, 1.807) is 25.3 Å². The first-order chi connectivity index (χ1) is 18.4. The normalized spacial score (nSPS) is 20.9. The highest BCUT2D eigenvalue weighted by molar-refractivity contribution is 5.95. The molecule has 2 atom stereocenters. The summed E-state index contributed by atoms with van der Waals surface area (Å²) >= 11 is 0. The minimum atomic E-state index is -0.673. The molecule has 3 aromatic heterocycles. The Morgan fingerprint density at radius 1 is 1.11 bits per heavy atom. The van der Waals surface area contributed by atoms with Crippen molar-refractivity contribution in [3.63, 3.8) is 0 Å². The number of piperidine rings is 1. The molecule has 2 fully saturated rings. The zero-order valence-electron chi connectivity index (χ0n) is 20.5. The molecular formula is C28H23F2N7O. The Morgan fingerprint density at radius 2 is 1.89 bits per heavy atom. The van der Waals surface area contributed by atoms with Crippen LogP contribution in [0.2, 0.25) is 0 Å². The van der Waals surface area contributed by atoms with E-state index in [0.29, 0.717) is 45.1 Å². The number of anilines is 1. The Kier molecular flexibility index (Phi) is 5.00. The summed E-state index contributed by atoms with van der Waals surface area (Å²) in [7, 11) is 0. The molecule has 10 heteroatoms. The highest BCUT2D eigenvalue weighted by atomic mass is 19.1. The molecule has 38 heavy (non-hydrogen) atoms. The summed E-state index contributed by atoms with van der Waals surface area (Å²) in [5.41, 5.74) is 9.14. The van der Waals surface area contributed by atoms with Crippen molar-refractivity contribution in [2.45, 2.75) is 50.7 Å². The molecule has 190 valence electrons. The first kappa shape index (κ1) is 22.8. The number of halogens is 2. The number of fused-ring (bicyclic) bond motifs is 4. The summed E-state index contributed by atoms with van der Waals surface area (Å²) in [6.45, 7) is 1.75. The molecule has 2 aliphatic heterocycles. The molecule has 0 radical (unpaired) electrons. The second-order valence-electron chi connectivity index (χ2n) is 10.2. The van der Waals surface area contributed by atoms with Crippen LogP contribution in [0.4, 0.5) is 14.7 Å². The smallest absolute Gasteiger partial charge is 0.212 e. The fourth-order valence-corrected chi connectivity index (χ4v) is 6.17. The maximum atomic E-state index is 15.7. The standard InChI is InChI=1S/C28H23F2N7O/c1-14-20-11-23(30)21(12-24(20)38-35-14)25-26(15-2-3-16(13-31)22(29)8-15)34-28(36-7-6-33-27(25)36)37-18-4-5-19(37)10-17(32)9-18/h2-3,6-8,11-12,17-19H,4-5,9-10,32H2,1H3. The van der Waals surface area contributed by atoms with E-state index < -0.39 is 11.6 Å². The van der Waals surface area contributed by atoms with Gasteiger partial charge in [-0.05, 0) is 56.9 Å². The maximum absolute atomic E-state index is 15.7. The minimum absolute atomic E-state index is 0.0785. The van der Waals surface area contributed by atoms with Crippen molar-refractivity contribution in [2.24, 2.45) is 5.73 Å². The lowest BCUT2D eigenvalue weighted by Crippen LogP contribution is -2.48. The van der Waals surface area contributed by atoms with E-state index in [2.05, 4.69) is 15.0 Å². The third kappa shape index (κ3) is 3.32. The van der Waals surface area contributed by atoms with Crippen LogP contribution in [0.15, 0.2) is 47.2 Å². The lowest BCUT2D eigenvalue weighted by molar-refractivity contribution is 0.408. The van der Waals surface area contributed by atoms with Gasteiger partial charge in [-0.15, -0.1) is 0 Å². The molecule has 0 amide bonds. The molecule has 2 N–H and O–H groups in total. The Balaban J connectivity index is 1.53. The van der Waals surface area contributed by atoms with Crippen LogP contribution in [0.3, 0.4) is 0 Å². The van der Waals surface area contributed by atoms with Gasteiger partial charge in [0.2, 0.25) is 5.95 Å². The van der Waals surface area contributed by atoms with Crippen LogP contribution < -0.4 is 10.6 Å². The Hall–Kier alpha value is -4.36. The van der Waals surface area contributed by atoms with Crippen molar-refractivity contribution in [1.82, 2.24) is 19.5 Å². The number of nitrogens with two attached hydrogens (primary N) is 1. The van der Waals surface area contributed by atoms with Crippen molar-refractivity contribution in [3.05, 3.63) is 65.6 Å². The Labute approximate surface area is 216 Å². The van der Waals surface area contributed by atoms with Crippen LogP contribution in [0.5, 0.6) is 0 Å². The van der Waals surface area contributed by atoms with Gasteiger partial charge in [0.1, 0.15) is 23.4 Å². The predicted octanol–water partition coefficient (Wildman–Crippen LogP) is 5.12. The quantitative estimate of drug-likeness (QED) is 0.358. The number of nitrogens with zero attached hydrogens (tertiary/aromatic N) is 6. The van der Waals surface area contributed by atoms with Crippen molar-refractivity contribution < 1.29 is 13.3 Å². The zero-order chi connectivity index (χ0) is 26.1. The molecule has 5 aromatic rings. The van der Waals surface area contributed by atoms with E-state index in [1.807, 2.05) is 16.7 Å². The second kappa shape index (κ2) is 8.33. The molecule has 5 heterocycles. The highest BCUT2D eigenvalue weighted by Gasteiger charge is 2.42. The van der Waals surface area contributed by atoms with Gasteiger partial charge < -0.3 is 15.2 Å². The minimum Gasteiger partial charge on any atom is -0.356 e. The van der Waals surface area contributed by atoms with E-state index in [0.717, 1.165) is 25.7 Å². The topological polar surface area (TPSA) is 109 Å². The van der Waals surface area contributed by atoms with Crippen LogP contribution >= 0.6 is 0 Å². The van der Waals surface area contributed by atoms with Gasteiger partial charge in [0.15, 0.2) is 5.58 Å². The van der Waals surface area contributed by atoms with Crippen molar-refractivity contribution >= 4 is 22.6 Å². The molecule has 0 aliphatic carbocycles. The van der Waals surface area contributed by atoms with Crippen LogP contribution in [0.1, 0.15) is 36.9 Å². The van der Waals surface area contributed by atoms with Crippen LogP contribution in [-0.2, 0) is 0 Å². The summed E-state index contributed by atoms with van der Waals surface area (Å²) in [6.07, 6.45) is 7.19. The molecule has 8 nitrogen and oxygen atoms in total. The fraction of sp³-hybridized carbons (Fsp3) is 0.286. The maximum Gasteiger partial charge on any atom is 0.212 e. The number of aryl methyl sites for hydroxylation is 1. The van der Waals surface area contributed by atoms with Crippen molar-refractivity contribution in [3.8, 4) is 28.5 Å². The average molecular weight is 512 g/mol. The number of aromatic nitrogens is 4. The van der Waals surface area contributed by atoms with E-state index in [1.165, 1.54) is 18.2 Å². The van der Waals surface area contributed by atoms with Crippen LogP contribution in [0, 0.1) is 29.9 Å². The molecule has 2 unspecified atom stereocenters. The third-order valence-corrected chi connectivity index (χ3v) is 7.90. The van der Waals surface area contributed by atoms with E-state index >= 15 is 4.39 Å². The Morgan fingerprint density at radius 3 is 2.63 bits per heavy atom. The number of benzene rings is 2. The molecule has 2 bridgehead atoms. The monoisotopic (exact) mass is 511 g/mol. The summed E-state index contributed by atoms with van der Waals surface area (Å²) in [5, 5.41) is 13.8. The average Bonchev–Trinajstić information content (AvgIpc) is 3.60. The van der Waals surface area contributed by atoms with Crippen LogP contribution in [0.25, 0.3) is 39.0 Å². The largest absolute Gasteiger partial charge is 0.356 e. The third-order valence-electron chi connectivity index (χ3n) is 7.90. The fourth-order valence-electron chi connectivity index (χ4n) is 6.17. The lowest BCUT2D eigenvalue weighted by atomic mass is 9.97. The summed E-state index contributed by atoms with van der Waals surface area (Å²) in [5.74, 6) is -0.506. The number of rotatable bonds is 3. The van der Waals surface area contributed by atoms with Gasteiger partial charge in [0, 0.05) is 47.0 Å². The van der Waals surface area contributed by atoms with Gasteiger partial charge in [-0.1, -0.05) is 11.2 Å². The van der Waals surface area contributed by atoms with Gasteiger partial charge in [-0.2, -0.15) is 5.26 Å². The van der Waals surface area contributed by atoms with Gasteiger partial charge in [-0.25, -0.2) is 18.7 Å². The van der Waals surface area contributed by atoms with E-state index in [4.69, 9.17) is 15.2 Å². The van der Waals surface area contributed by atoms with Gasteiger partial charge >= 0.3 is 0 Å². The SMILES string of the molecule is Cc1noc2cc(-c3c(-c4ccc(C#N)c(F)c4)nc(N4C5CCC4CC(N)C5)n4ccnc34)c(F)cc12. The first-order valence-electron chi connectivity index (χ1n) is 12.6. The summed E-state index contributed by atoms with van der Waals surface area (Å²) in [6, 6.07) is 9.73. The van der Waals surface area contributed by atoms with Crippen molar-refractivity contribution in [1.29, 1.82) is 5.26 Å². The molecule has 0 spiro atoms. The molecule has 0 saturated carbocycles. The summed E-state index contributed by atoms with van der Waals surface area (Å²) < 4.78 is 37.9. The first-order valence-corrected chi connectivity index (χ1v) is 12.6.